The largest absolute Gasteiger partial charge is 0.349 e. The fourth-order valence-electron chi connectivity index (χ4n) is 4.04. The Hall–Kier alpha value is -1.45. The van der Waals surface area contributed by atoms with Crippen molar-refractivity contribution >= 4 is 5.91 Å². The van der Waals surface area contributed by atoms with Gasteiger partial charge in [0.05, 0.1) is 17.5 Å². The van der Waals surface area contributed by atoms with Gasteiger partial charge in [-0.05, 0) is 56.9 Å². The van der Waals surface area contributed by atoms with Crippen LogP contribution in [0.1, 0.15) is 73.8 Å². The first-order chi connectivity index (χ1) is 10.2. The molecule has 114 valence electrons. The second kappa shape index (κ2) is 6.12. The molecule has 1 aromatic heterocycles. The maximum atomic E-state index is 12.3. The minimum atomic E-state index is -0.00223. The van der Waals surface area contributed by atoms with E-state index in [1.54, 1.807) is 12.3 Å². The summed E-state index contributed by atoms with van der Waals surface area (Å²) in [6.07, 6.45) is 13.4. The van der Waals surface area contributed by atoms with E-state index < -0.39 is 0 Å². The van der Waals surface area contributed by atoms with Crippen molar-refractivity contribution in [2.45, 2.75) is 70.8 Å². The molecule has 1 amide bonds. The van der Waals surface area contributed by atoms with E-state index in [2.05, 4.69) is 15.5 Å². The predicted octanol–water partition coefficient (Wildman–Crippen LogP) is 3.41. The third-order valence-corrected chi connectivity index (χ3v) is 5.33. The van der Waals surface area contributed by atoms with Crippen LogP contribution in [-0.4, -0.2) is 22.1 Å². The van der Waals surface area contributed by atoms with Crippen molar-refractivity contribution in [2.75, 3.05) is 0 Å². The predicted molar refractivity (Wildman–Crippen MR) is 82.0 cm³/mol. The van der Waals surface area contributed by atoms with Crippen molar-refractivity contribution in [3.05, 3.63) is 23.5 Å². The van der Waals surface area contributed by atoms with Gasteiger partial charge in [0, 0.05) is 6.04 Å². The lowest BCUT2D eigenvalue weighted by atomic mass is 9.64. The molecule has 0 radical (unpaired) electrons. The number of carbonyl (C=O) groups is 1. The monoisotopic (exact) mass is 287 g/mol. The van der Waals surface area contributed by atoms with E-state index in [1.165, 1.54) is 44.9 Å². The van der Waals surface area contributed by atoms with Gasteiger partial charge in [-0.25, -0.2) is 0 Å². The van der Waals surface area contributed by atoms with Crippen molar-refractivity contribution in [1.29, 1.82) is 0 Å². The number of carbonyl (C=O) groups excluding carboxylic acids is 1. The highest BCUT2D eigenvalue weighted by Crippen LogP contribution is 2.47. The molecule has 3 rings (SSSR count). The van der Waals surface area contributed by atoms with Crippen molar-refractivity contribution in [3.8, 4) is 0 Å². The zero-order valence-corrected chi connectivity index (χ0v) is 12.9. The van der Waals surface area contributed by atoms with Crippen LogP contribution in [-0.2, 0) is 0 Å². The molecule has 0 bridgehead atoms. The quantitative estimate of drug-likeness (QED) is 0.907. The van der Waals surface area contributed by atoms with Gasteiger partial charge < -0.3 is 5.32 Å². The highest BCUT2D eigenvalue weighted by Gasteiger charge is 2.36. The van der Waals surface area contributed by atoms with Gasteiger partial charge in [0.25, 0.3) is 5.91 Å². The summed E-state index contributed by atoms with van der Waals surface area (Å²) >= 11 is 0. The second-order valence-electron chi connectivity index (χ2n) is 6.89. The van der Waals surface area contributed by atoms with Crippen LogP contribution >= 0.6 is 0 Å². The average molecular weight is 287 g/mol. The Labute approximate surface area is 126 Å². The van der Waals surface area contributed by atoms with Gasteiger partial charge in [-0.15, -0.1) is 0 Å². The smallest absolute Gasteiger partial charge is 0.253 e. The molecule has 4 heteroatoms. The number of aryl methyl sites for hydroxylation is 1. The number of aromatic nitrogens is 2. The summed E-state index contributed by atoms with van der Waals surface area (Å²) < 4.78 is 0. The van der Waals surface area contributed by atoms with Crippen LogP contribution in [0.3, 0.4) is 0 Å². The average Bonchev–Trinajstić information content (AvgIpc) is 2.51. The molecule has 4 nitrogen and oxygen atoms in total. The van der Waals surface area contributed by atoms with Gasteiger partial charge >= 0.3 is 0 Å². The third kappa shape index (κ3) is 3.42. The molecule has 1 heterocycles. The van der Waals surface area contributed by atoms with Crippen molar-refractivity contribution in [1.82, 2.24) is 15.5 Å². The lowest BCUT2D eigenvalue weighted by Gasteiger charge is -2.43. The third-order valence-electron chi connectivity index (χ3n) is 5.33. The van der Waals surface area contributed by atoms with Crippen LogP contribution in [0.4, 0.5) is 0 Å². The van der Waals surface area contributed by atoms with Gasteiger partial charge in [0.2, 0.25) is 0 Å². The van der Waals surface area contributed by atoms with E-state index in [9.17, 15) is 4.79 Å². The van der Waals surface area contributed by atoms with E-state index in [4.69, 9.17) is 0 Å². The van der Waals surface area contributed by atoms with E-state index in [1.807, 2.05) is 6.92 Å². The van der Waals surface area contributed by atoms with E-state index in [0.29, 0.717) is 17.0 Å². The molecule has 1 spiro atoms. The Morgan fingerprint density at radius 2 is 1.90 bits per heavy atom. The number of amides is 1. The van der Waals surface area contributed by atoms with E-state index in [0.717, 1.165) is 18.5 Å². The molecule has 21 heavy (non-hydrogen) atoms. The summed E-state index contributed by atoms with van der Waals surface area (Å²) in [5, 5.41) is 10.9. The normalized spacial score (nSPS) is 22.1. The van der Waals surface area contributed by atoms with Crippen molar-refractivity contribution < 1.29 is 4.79 Å². The number of rotatable bonds is 2. The molecule has 0 atom stereocenters. The second-order valence-corrected chi connectivity index (χ2v) is 6.89. The van der Waals surface area contributed by atoms with Crippen LogP contribution < -0.4 is 5.32 Å². The highest BCUT2D eigenvalue weighted by molar-refractivity contribution is 5.94. The molecule has 2 aliphatic carbocycles. The Morgan fingerprint density at radius 3 is 2.57 bits per heavy atom. The summed E-state index contributed by atoms with van der Waals surface area (Å²) in [5.74, 6) is -0.00223. The zero-order chi connectivity index (χ0) is 14.7. The van der Waals surface area contributed by atoms with Crippen LogP contribution in [0.2, 0.25) is 0 Å². The first-order valence-corrected chi connectivity index (χ1v) is 8.27. The topological polar surface area (TPSA) is 54.9 Å². The molecule has 1 N–H and O–H groups in total. The fourth-order valence-corrected chi connectivity index (χ4v) is 4.04. The van der Waals surface area contributed by atoms with Gasteiger partial charge in [-0.1, -0.05) is 19.3 Å². The molecular formula is C17H25N3O. The van der Waals surface area contributed by atoms with Crippen LogP contribution in [0.5, 0.6) is 0 Å². The molecule has 2 saturated carbocycles. The lowest BCUT2D eigenvalue weighted by molar-refractivity contribution is 0.0835. The SMILES string of the molecule is Cc1cc(C(=O)NC2CCC3(CCCCC3)CC2)cnn1. The molecular weight excluding hydrogens is 262 g/mol. The maximum Gasteiger partial charge on any atom is 0.253 e. The van der Waals surface area contributed by atoms with Gasteiger partial charge in [-0.2, -0.15) is 10.2 Å². The summed E-state index contributed by atoms with van der Waals surface area (Å²) in [6, 6.07) is 2.13. The van der Waals surface area contributed by atoms with Crippen LogP contribution in [0.25, 0.3) is 0 Å². The number of nitrogens with zero attached hydrogens (tertiary/aromatic N) is 2. The zero-order valence-electron chi connectivity index (χ0n) is 12.9. The molecule has 2 aliphatic rings. The Morgan fingerprint density at radius 1 is 1.19 bits per heavy atom. The lowest BCUT2D eigenvalue weighted by Crippen LogP contribution is -2.41. The Balaban J connectivity index is 1.54. The van der Waals surface area contributed by atoms with Gasteiger partial charge in [0.1, 0.15) is 0 Å². The van der Waals surface area contributed by atoms with E-state index >= 15 is 0 Å². The summed E-state index contributed by atoms with van der Waals surface area (Å²) in [7, 11) is 0. The first-order valence-electron chi connectivity index (χ1n) is 8.27. The fraction of sp³-hybridized carbons (Fsp3) is 0.706. The highest BCUT2D eigenvalue weighted by atomic mass is 16.1. The Bertz CT molecular complexity index is 499. The van der Waals surface area contributed by atoms with Gasteiger partial charge in [-0.3, -0.25) is 4.79 Å². The minimum absolute atomic E-state index is 0.00223. The van der Waals surface area contributed by atoms with Gasteiger partial charge in [0.15, 0.2) is 0 Å². The standard InChI is InChI=1S/C17H25N3O/c1-13-11-14(12-18-20-13)16(21)19-15-5-9-17(10-6-15)7-3-2-4-8-17/h11-12,15H,2-10H2,1H3,(H,19,21). The Kier molecular flexibility index (Phi) is 4.22. The maximum absolute atomic E-state index is 12.3. The molecule has 0 unspecified atom stereocenters. The van der Waals surface area contributed by atoms with Crippen LogP contribution in [0.15, 0.2) is 12.3 Å². The minimum Gasteiger partial charge on any atom is -0.349 e. The van der Waals surface area contributed by atoms with Crippen LogP contribution in [0, 0.1) is 12.3 Å². The molecule has 1 aromatic rings. The molecule has 2 fully saturated rings. The molecule has 0 aliphatic heterocycles. The summed E-state index contributed by atoms with van der Waals surface area (Å²) in [6.45, 7) is 1.86. The van der Waals surface area contributed by atoms with E-state index in [-0.39, 0.29) is 5.91 Å². The number of nitrogens with one attached hydrogen (secondary N) is 1. The van der Waals surface area contributed by atoms with Crippen molar-refractivity contribution in [3.63, 3.8) is 0 Å². The summed E-state index contributed by atoms with van der Waals surface area (Å²) in [5.41, 5.74) is 2.02. The molecule has 0 saturated heterocycles. The summed E-state index contributed by atoms with van der Waals surface area (Å²) in [4.78, 5) is 12.3. The number of hydrogen-bond acceptors (Lipinski definition) is 3. The first kappa shape index (κ1) is 14.5. The number of hydrogen-bond donors (Lipinski definition) is 1. The van der Waals surface area contributed by atoms with Crippen molar-refractivity contribution in [2.24, 2.45) is 5.41 Å². The molecule has 0 aromatic carbocycles.